The maximum atomic E-state index is 13.3. The predicted octanol–water partition coefficient (Wildman–Crippen LogP) is 3.37. The topological polar surface area (TPSA) is 113 Å². The number of Topliss-reactive ketones (excluding diaryl/α,β-unsaturated/α-hetero) is 1. The zero-order valence-electron chi connectivity index (χ0n) is 19.4. The molecule has 1 aromatic carbocycles. The van der Waals surface area contributed by atoms with Crippen molar-refractivity contribution in [1.29, 1.82) is 0 Å². The average molecular weight is 472 g/mol. The number of aromatic nitrogens is 4. The van der Waals surface area contributed by atoms with Gasteiger partial charge in [-0.15, -0.1) is 0 Å². The van der Waals surface area contributed by atoms with Crippen LogP contribution >= 0.6 is 0 Å². The summed E-state index contributed by atoms with van der Waals surface area (Å²) in [6.07, 6.45) is 7.64. The van der Waals surface area contributed by atoms with Crippen molar-refractivity contribution in [3.05, 3.63) is 89.4 Å². The molecule has 9 heteroatoms. The number of hydrogen-bond donors (Lipinski definition) is 2. The smallest absolute Gasteiger partial charge is 0.295 e. The summed E-state index contributed by atoms with van der Waals surface area (Å²) in [5.41, 5.74) is 3.12. The standard InChI is InChI=1S/C26H25N5O4/c1-16-5-3-12-30-17(2)21(28-25(16)30)23(33)20-22(18-6-8-19(32)9-7-18)31(26(35)24(20)34)13-4-11-29-14-10-27-15-29/h3,5-10,12,14-15,22,32-33H,4,11,13H2,1-2H3/b23-20+. The van der Waals surface area contributed by atoms with E-state index in [0.29, 0.717) is 36.4 Å². The van der Waals surface area contributed by atoms with E-state index >= 15 is 0 Å². The van der Waals surface area contributed by atoms with Gasteiger partial charge in [-0.25, -0.2) is 9.97 Å². The number of phenols is 1. The summed E-state index contributed by atoms with van der Waals surface area (Å²) in [7, 11) is 0. The van der Waals surface area contributed by atoms with E-state index in [4.69, 9.17) is 0 Å². The van der Waals surface area contributed by atoms with Crippen molar-refractivity contribution in [3.8, 4) is 5.75 Å². The maximum absolute atomic E-state index is 13.3. The molecule has 4 heterocycles. The molecule has 5 rings (SSSR count). The molecule has 1 aliphatic rings. The first-order valence-corrected chi connectivity index (χ1v) is 11.3. The molecular weight excluding hydrogens is 446 g/mol. The lowest BCUT2D eigenvalue weighted by Gasteiger charge is -2.25. The van der Waals surface area contributed by atoms with Crippen LogP contribution in [-0.4, -0.2) is 52.3 Å². The van der Waals surface area contributed by atoms with Crippen molar-refractivity contribution in [2.75, 3.05) is 6.54 Å². The molecule has 1 atom stereocenters. The number of likely N-dealkylation sites (tertiary alicyclic amines) is 1. The van der Waals surface area contributed by atoms with E-state index in [1.165, 1.54) is 17.0 Å². The largest absolute Gasteiger partial charge is 0.508 e. The van der Waals surface area contributed by atoms with E-state index in [-0.39, 0.29) is 22.8 Å². The molecule has 0 radical (unpaired) electrons. The molecule has 2 N–H and O–H groups in total. The van der Waals surface area contributed by atoms with Crippen LogP contribution in [0.5, 0.6) is 5.75 Å². The number of rotatable bonds is 6. The zero-order valence-corrected chi connectivity index (χ0v) is 19.4. The van der Waals surface area contributed by atoms with Crippen molar-refractivity contribution >= 4 is 23.1 Å². The summed E-state index contributed by atoms with van der Waals surface area (Å²) in [4.78, 5) is 36.5. The second kappa shape index (κ2) is 8.75. The molecule has 1 fully saturated rings. The maximum Gasteiger partial charge on any atom is 0.295 e. The van der Waals surface area contributed by atoms with Crippen molar-refractivity contribution in [3.63, 3.8) is 0 Å². The Morgan fingerprint density at radius 2 is 1.83 bits per heavy atom. The van der Waals surface area contributed by atoms with E-state index in [1.54, 1.807) is 24.7 Å². The van der Waals surface area contributed by atoms with Crippen LogP contribution in [0.15, 0.2) is 66.9 Å². The molecular formula is C26H25N5O4. The van der Waals surface area contributed by atoms with Gasteiger partial charge in [0.1, 0.15) is 17.1 Å². The number of aryl methyl sites for hydroxylation is 3. The fourth-order valence-corrected chi connectivity index (χ4v) is 4.63. The lowest BCUT2D eigenvalue weighted by Crippen LogP contribution is -2.31. The molecule has 178 valence electrons. The Hall–Kier alpha value is -4.40. The van der Waals surface area contributed by atoms with Crippen molar-refractivity contribution in [2.45, 2.75) is 32.9 Å². The van der Waals surface area contributed by atoms with Gasteiger partial charge in [-0.3, -0.25) is 9.59 Å². The summed E-state index contributed by atoms with van der Waals surface area (Å²) >= 11 is 0. The van der Waals surface area contributed by atoms with Crippen molar-refractivity contribution in [1.82, 2.24) is 23.8 Å². The number of aliphatic hydroxyl groups is 1. The third kappa shape index (κ3) is 3.84. The first kappa shape index (κ1) is 22.4. The van der Waals surface area contributed by atoms with Gasteiger partial charge in [0, 0.05) is 31.7 Å². The molecule has 9 nitrogen and oxygen atoms in total. The minimum absolute atomic E-state index is 0.00696. The number of phenolic OH excluding ortho intramolecular Hbond substituents is 1. The van der Waals surface area contributed by atoms with Gasteiger partial charge in [0.25, 0.3) is 11.7 Å². The van der Waals surface area contributed by atoms with Gasteiger partial charge in [-0.05, 0) is 49.6 Å². The normalized spacial score (nSPS) is 17.5. The van der Waals surface area contributed by atoms with Crippen LogP contribution in [0.25, 0.3) is 11.4 Å². The average Bonchev–Trinajstić information content (AvgIpc) is 3.54. The quantitative estimate of drug-likeness (QED) is 0.253. The molecule has 3 aromatic heterocycles. The van der Waals surface area contributed by atoms with E-state index in [1.807, 2.05) is 47.3 Å². The number of amides is 1. The highest BCUT2D eigenvalue weighted by molar-refractivity contribution is 6.46. The van der Waals surface area contributed by atoms with E-state index < -0.39 is 17.7 Å². The number of ketones is 1. The molecule has 1 aliphatic heterocycles. The molecule has 1 unspecified atom stereocenters. The number of nitrogens with zero attached hydrogens (tertiary/aromatic N) is 5. The monoisotopic (exact) mass is 471 g/mol. The van der Waals surface area contributed by atoms with Crippen molar-refractivity contribution < 1.29 is 19.8 Å². The fourth-order valence-electron chi connectivity index (χ4n) is 4.63. The second-order valence-corrected chi connectivity index (χ2v) is 8.67. The Labute approximate surface area is 201 Å². The highest BCUT2D eigenvalue weighted by Crippen LogP contribution is 2.40. The number of benzene rings is 1. The van der Waals surface area contributed by atoms with E-state index in [0.717, 1.165) is 5.56 Å². The van der Waals surface area contributed by atoms with Gasteiger partial charge in [-0.1, -0.05) is 18.2 Å². The number of fused-ring (bicyclic) bond motifs is 1. The van der Waals surface area contributed by atoms with Gasteiger partial charge in [-0.2, -0.15) is 0 Å². The highest BCUT2D eigenvalue weighted by Gasteiger charge is 2.46. The molecule has 0 saturated carbocycles. The van der Waals surface area contributed by atoms with Gasteiger partial charge in [0.15, 0.2) is 5.76 Å². The summed E-state index contributed by atoms with van der Waals surface area (Å²) in [6, 6.07) is 9.31. The minimum Gasteiger partial charge on any atom is -0.508 e. The summed E-state index contributed by atoms with van der Waals surface area (Å²) in [6.45, 7) is 4.65. The molecule has 0 aliphatic carbocycles. The minimum atomic E-state index is -0.802. The number of aromatic hydroxyl groups is 1. The second-order valence-electron chi connectivity index (χ2n) is 8.67. The van der Waals surface area contributed by atoms with Crippen LogP contribution in [0.1, 0.15) is 35.0 Å². The van der Waals surface area contributed by atoms with Crippen LogP contribution in [0.4, 0.5) is 0 Å². The first-order chi connectivity index (χ1) is 16.9. The molecule has 1 amide bonds. The zero-order chi connectivity index (χ0) is 24.7. The molecule has 0 bridgehead atoms. The third-order valence-corrected chi connectivity index (χ3v) is 6.43. The first-order valence-electron chi connectivity index (χ1n) is 11.3. The Morgan fingerprint density at radius 3 is 2.51 bits per heavy atom. The molecule has 35 heavy (non-hydrogen) atoms. The lowest BCUT2D eigenvalue weighted by molar-refractivity contribution is -0.139. The van der Waals surface area contributed by atoms with Crippen LogP contribution in [0, 0.1) is 13.8 Å². The third-order valence-electron chi connectivity index (χ3n) is 6.43. The number of carbonyl (C=O) groups is 2. The highest BCUT2D eigenvalue weighted by atomic mass is 16.3. The molecule has 0 spiro atoms. The van der Waals surface area contributed by atoms with Gasteiger partial charge in [0.05, 0.1) is 23.6 Å². The Kier molecular flexibility index (Phi) is 5.60. The van der Waals surface area contributed by atoms with Crippen molar-refractivity contribution in [2.24, 2.45) is 0 Å². The van der Waals surface area contributed by atoms with E-state index in [9.17, 15) is 19.8 Å². The van der Waals surface area contributed by atoms with Gasteiger partial charge >= 0.3 is 0 Å². The SMILES string of the molecule is Cc1cccn2c(C)c(/C(O)=C3\C(=O)C(=O)N(CCCn4ccnc4)C3c3ccc(O)cc3)nc12. The number of imidazole rings is 2. The number of hydrogen-bond acceptors (Lipinski definition) is 6. The lowest BCUT2D eigenvalue weighted by atomic mass is 9.96. The van der Waals surface area contributed by atoms with Gasteiger partial charge < -0.3 is 24.1 Å². The Bertz CT molecular complexity index is 1450. The van der Waals surface area contributed by atoms with Gasteiger partial charge in [0.2, 0.25) is 0 Å². The molecule has 4 aromatic rings. The predicted molar refractivity (Wildman–Crippen MR) is 129 cm³/mol. The summed E-state index contributed by atoms with van der Waals surface area (Å²) < 4.78 is 3.75. The number of carbonyl (C=O) groups excluding carboxylic acids is 2. The summed E-state index contributed by atoms with van der Waals surface area (Å²) in [5.74, 6) is -1.67. The van der Waals surface area contributed by atoms with Crippen LogP contribution in [-0.2, 0) is 16.1 Å². The molecule has 1 saturated heterocycles. The fraction of sp³-hybridized carbons (Fsp3) is 0.231. The number of pyridine rings is 1. The Balaban J connectivity index is 1.60. The van der Waals surface area contributed by atoms with Crippen LogP contribution in [0.3, 0.4) is 0 Å². The van der Waals surface area contributed by atoms with Crippen LogP contribution in [0.2, 0.25) is 0 Å². The van der Waals surface area contributed by atoms with Crippen LogP contribution < -0.4 is 0 Å². The Morgan fingerprint density at radius 1 is 1.06 bits per heavy atom. The summed E-state index contributed by atoms with van der Waals surface area (Å²) in [5, 5.41) is 21.2. The number of aliphatic hydroxyl groups excluding tert-OH is 1. The van der Waals surface area contributed by atoms with E-state index in [2.05, 4.69) is 9.97 Å².